The highest BCUT2D eigenvalue weighted by atomic mass is 19.1. The third-order valence-electron chi connectivity index (χ3n) is 2.50. The topological polar surface area (TPSA) is 23.8 Å². The van der Waals surface area contributed by atoms with Gasteiger partial charge in [0.05, 0.1) is 11.6 Å². The lowest BCUT2D eigenvalue weighted by Crippen LogP contribution is -1.85. The summed E-state index contributed by atoms with van der Waals surface area (Å²) >= 11 is 0. The van der Waals surface area contributed by atoms with Gasteiger partial charge in [-0.25, -0.2) is 4.39 Å². The van der Waals surface area contributed by atoms with Gasteiger partial charge in [0.1, 0.15) is 5.82 Å². The van der Waals surface area contributed by atoms with Crippen molar-refractivity contribution in [2.24, 2.45) is 0 Å². The molecule has 0 unspecified atom stereocenters. The quantitative estimate of drug-likeness (QED) is 0.706. The molecule has 0 atom stereocenters. The largest absolute Gasteiger partial charge is 0.207 e. The van der Waals surface area contributed by atoms with Gasteiger partial charge in [0.15, 0.2) is 0 Å². The Morgan fingerprint density at radius 2 is 1.81 bits per heavy atom. The number of aryl methyl sites for hydroxylation is 1. The summed E-state index contributed by atoms with van der Waals surface area (Å²) in [5, 5.41) is 8.81. The zero-order valence-corrected chi connectivity index (χ0v) is 8.87. The van der Waals surface area contributed by atoms with E-state index >= 15 is 0 Å². The zero-order valence-electron chi connectivity index (χ0n) is 8.87. The van der Waals surface area contributed by atoms with Crippen LogP contribution in [0.2, 0.25) is 0 Å². The fourth-order valence-electron chi connectivity index (χ4n) is 1.64. The summed E-state index contributed by atoms with van der Waals surface area (Å²) in [6, 6.07) is 14.0. The Bertz CT molecular complexity index is 567. The van der Waals surface area contributed by atoms with Crippen molar-refractivity contribution in [2.75, 3.05) is 0 Å². The number of halogens is 1. The minimum atomic E-state index is -0.250. The second-order valence-electron chi connectivity index (χ2n) is 3.65. The molecule has 0 amide bonds. The van der Waals surface area contributed by atoms with Crippen LogP contribution < -0.4 is 0 Å². The molecule has 2 aromatic carbocycles. The van der Waals surface area contributed by atoms with Crippen molar-refractivity contribution >= 4 is 0 Å². The van der Waals surface area contributed by atoms with Gasteiger partial charge < -0.3 is 0 Å². The van der Waals surface area contributed by atoms with Crippen molar-refractivity contribution in [3.8, 4) is 17.2 Å². The van der Waals surface area contributed by atoms with Crippen LogP contribution in [0, 0.1) is 24.1 Å². The van der Waals surface area contributed by atoms with E-state index < -0.39 is 0 Å². The first kappa shape index (κ1) is 10.4. The van der Waals surface area contributed by atoms with Gasteiger partial charge in [0, 0.05) is 0 Å². The lowest BCUT2D eigenvalue weighted by Gasteiger charge is -2.04. The smallest absolute Gasteiger partial charge is 0.123 e. The third-order valence-corrected chi connectivity index (χ3v) is 2.50. The molecule has 0 aromatic heterocycles. The second kappa shape index (κ2) is 4.16. The number of nitrogens with zero attached hydrogens (tertiary/aromatic N) is 1. The highest BCUT2D eigenvalue weighted by molar-refractivity contribution is 5.65. The monoisotopic (exact) mass is 211 g/mol. The van der Waals surface area contributed by atoms with Crippen LogP contribution >= 0.6 is 0 Å². The summed E-state index contributed by atoms with van der Waals surface area (Å²) in [7, 11) is 0. The van der Waals surface area contributed by atoms with Crippen LogP contribution in [-0.2, 0) is 0 Å². The van der Waals surface area contributed by atoms with E-state index in [2.05, 4.69) is 6.07 Å². The van der Waals surface area contributed by atoms with E-state index in [1.54, 1.807) is 12.1 Å². The SMILES string of the molecule is Cc1cc(-c2cccc(F)c2)ccc1C#N. The number of hydrogen-bond acceptors (Lipinski definition) is 1. The third kappa shape index (κ3) is 1.94. The molecule has 0 aliphatic heterocycles. The maximum Gasteiger partial charge on any atom is 0.123 e. The molecule has 2 aromatic rings. The van der Waals surface area contributed by atoms with Crippen molar-refractivity contribution in [2.45, 2.75) is 6.92 Å². The summed E-state index contributed by atoms with van der Waals surface area (Å²) in [4.78, 5) is 0. The van der Waals surface area contributed by atoms with E-state index in [0.29, 0.717) is 5.56 Å². The van der Waals surface area contributed by atoms with Crippen molar-refractivity contribution in [3.05, 3.63) is 59.4 Å². The fraction of sp³-hybridized carbons (Fsp3) is 0.0714. The summed E-state index contributed by atoms with van der Waals surface area (Å²) in [5.74, 6) is -0.250. The number of rotatable bonds is 1. The van der Waals surface area contributed by atoms with Crippen molar-refractivity contribution in [3.63, 3.8) is 0 Å². The number of hydrogen-bond donors (Lipinski definition) is 0. The van der Waals surface area contributed by atoms with Crippen LogP contribution in [-0.4, -0.2) is 0 Å². The average Bonchev–Trinajstić information content (AvgIpc) is 2.29. The maximum atomic E-state index is 13.0. The molecule has 0 aliphatic rings. The molecule has 16 heavy (non-hydrogen) atoms. The average molecular weight is 211 g/mol. The van der Waals surface area contributed by atoms with Gasteiger partial charge in [0.25, 0.3) is 0 Å². The molecule has 0 N–H and O–H groups in total. The van der Waals surface area contributed by atoms with Gasteiger partial charge in [-0.1, -0.05) is 24.3 Å². The molecule has 0 spiro atoms. The van der Waals surface area contributed by atoms with Gasteiger partial charge in [-0.3, -0.25) is 0 Å². The Morgan fingerprint density at radius 3 is 2.44 bits per heavy atom. The fourth-order valence-corrected chi connectivity index (χ4v) is 1.64. The highest BCUT2D eigenvalue weighted by Crippen LogP contribution is 2.22. The molecule has 2 rings (SSSR count). The van der Waals surface area contributed by atoms with Gasteiger partial charge in [-0.2, -0.15) is 5.26 Å². The van der Waals surface area contributed by atoms with Gasteiger partial charge >= 0.3 is 0 Å². The van der Waals surface area contributed by atoms with Crippen LogP contribution in [0.5, 0.6) is 0 Å². The lowest BCUT2D eigenvalue weighted by atomic mass is 10.0. The summed E-state index contributed by atoms with van der Waals surface area (Å²) in [6.45, 7) is 1.88. The molecule has 2 heteroatoms. The molecule has 0 aliphatic carbocycles. The van der Waals surface area contributed by atoms with Crippen LogP contribution in [0.3, 0.4) is 0 Å². The highest BCUT2D eigenvalue weighted by Gasteiger charge is 2.02. The Labute approximate surface area is 93.8 Å². The van der Waals surface area contributed by atoms with Gasteiger partial charge in [-0.15, -0.1) is 0 Å². The normalized spacial score (nSPS) is 9.81. The Hall–Kier alpha value is -2.14. The molecule has 0 bridgehead atoms. The summed E-state index contributed by atoms with van der Waals surface area (Å²) in [6.07, 6.45) is 0. The number of benzene rings is 2. The van der Waals surface area contributed by atoms with Crippen LogP contribution in [0.4, 0.5) is 4.39 Å². The molecule has 1 nitrogen and oxygen atoms in total. The zero-order chi connectivity index (χ0) is 11.5. The van der Waals surface area contributed by atoms with E-state index in [0.717, 1.165) is 16.7 Å². The minimum absolute atomic E-state index is 0.250. The van der Waals surface area contributed by atoms with Crippen LogP contribution in [0.25, 0.3) is 11.1 Å². The van der Waals surface area contributed by atoms with Crippen LogP contribution in [0.1, 0.15) is 11.1 Å². The Morgan fingerprint density at radius 1 is 1.06 bits per heavy atom. The predicted molar refractivity (Wildman–Crippen MR) is 61.3 cm³/mol. The molecule has 0 radical (unpaired) electrons. The second-order valence-corrected chi connectivity index (χ2v) is 3.65. The maximum absolute atomic E-state index is 13.0. The molecular weight excluding hydrogens is 201 g/mol. The molecule has 0 heterocycles. The van der Waals surface area contributed by atoms with E-state index in [-0.39, 0.29) is 5.82 Å². The standard InChI is InChI=1S/C14H10FN/c1-10-7-12(5-6-13(10)9-16)11-3-2-4-14(15)8-11/h2-8H,1H3. The van der Waals surface area contributed by atoms with E-state index in [4.69, 9.17) is 5.26 Å². The van der Waals surface area contributed by atoms with Gasteiger partial charge in [-0.05, 0) is 41.8 Å². The van der Waals surface area contributed by atoms with Crippen LogP contribution in [0.15, 0.2) is 42.5 Å². The van der Waals surface area contributed by atoms with E-state index in [1.165, 1.54) is 12.1 Å². The Kier molecular flexibility index (Phi) is 2.70. The summed E-state index contributed by atoms with van der Waals surface area (Å²) < 4.78 is 13.0. The first-order valence-electron chi connectivity index (χ1n) is 4.97. The van der Waals surface area contributed by atoms with Crippen molar-refractivity contribution in [1.29, 1.82) is 5.26 Å². The summed E-state index contributed by atoms with van der Waals surface area (Å²) in [5.41, 5.74) is 3.31. The van der Waals surface area contributed by atoms with Gasteiger partial charge in [0.2, 0.25) is 0 Å². The van der Waals surface area contributed by atoms with Crippen molar-refractivity contribution in [1.82, 2.24) is 0 Å². The molecule has 78 valence electrons. The van der Waals surface area contributed by atoms with E-state index in [9.17, 15) is 4.39 Å². The van der Waals surface area contributed by atoms with E-state index in [1.807, 2.05) is 25.1 Å². The Balaban J connectivity index is 2.50. The van der Waals surface area contributed by atoms with Crippen molar-refractivity contribution < 1.29 is 4.39 Å². The molecule has 0 saturated carbocycles. The first-order valence-corrected chi connectivity index (χ1v) is 4.97. The molecule has 0 fully saturated rings. The predicted octanol–water partition coefficient (Wildman–Crippen LogP) is 3.67. The molecule has 0 saturated heterocycles. The number of nitriles is 1. The lowest BCUT2D eigenvalue weighted by molar-refractivity contribution is 0.628. The molecular formula is C14H10FN. The minimum Gasteiger partial charge on any atom is -0.207 e. The first-order chi connectivity index (χ1) is 7.70.